The van der Waals surface area contributed by atoms with Crippen molar-refractivity contribution in [3.8, 4) is 0 Å². The number of allylic oxidation sites excluding steroid dienone is 1. The fraction of sp³-hybridized carbons (Fsp3) is 0.143. The molecule has 0 saturated heterocycles. The first-order chi connectivity index (χ1) is 4.38. The molecule has 1 aromatic rings. The molecule has 1 aliphatic rings. The SMILES string of the molecule is Brc1csc2c1CC=C2. The summed E-state index contributed by atoms with van der Waals surface area (Å²) in [5, 5.41) is 2.15. The van der Waals surface area contributed by atoms with Gasteiger partial charge in [-0.3, -0.25) is 0 Å². The number of fused-ring (bicyclic) bond motifs is 1. The first-order valence-corrected chi connectivity index (χ1v) is 4.47. The van der Waals surface area contributed by atoms with Gasteiger partial charge < -0.3 is 0 Å². The summed E-state index contributed by atoms with van der Waals surface area (Å²) in [4.78, 5) is 1.42. The predicted octanol–water partition coefficient (Wildman–Crippen LogP) is 3.08. The molecule has 0 amide bonds. The van der Waals surface area contributed by atoms with Gasteiger partial charge in [-0.2, -0.15) is 0 Å². The molecule has 1 aromatic heterocycles. The van der Waals surface area contributed by atoms with E-state index in [1.54, 1.807) is 11.3 Å². The van der Waals surface area contributed by atoms with Gasteiger partial charge in [0.1, 0.15) is 0 Å². The molecule has 0 unspecified atom stereocenters. The van der Waals surface area contributed by atoms with E-state index < -0.39 is 0 Å². The van der Waals surface area contributed by atoms with Crippen LogP contribution in [-0.2, 0) is 6.42 Å². The van der Waals surface area contributed by atoms with Crippen LogP contribution >= 0.6 is 27.3 Å². The van der Waals surface area contributed by atoms with Gasteiger partial charge in [0.2, 0.25) is 0 Å². The largest absolute Gasteiger partial charge is 0.143 e. The molecule has 9 heavy (non-hydrogen) atoms. The Morgan fingerprint density at radius 2 is 2.44 bits per heavy atom. The van der Waals surface area contributed by atoms with Gasteiger partial charge in [0.05, 0.1) is 0 Å². The molecule has 46 valence electrons. The quantitative estimate of drug-likeness (QED) is 0.605. The van der Waals surface area contributed by atoms with Gasteiger partial charge in [-0.05, 0) is 34.0 Å². The summed E-state index contributed by atoms with van der Waals surface area (Å²) >= 11 is 5.29. The van der Waals surface area contributed by atoms with Crippen molar-refractivity contribution in [1.82, 2.24) is 0 Å². The summed E-state index contributed by atoms with van der Waals surface area (Å²) in [5.74, 6) is 0. The van der Waals surface area contributed by atoms with Crippen molar-refractivity contribution < 1.29 is 0 Å². The third kappa shape index (κ3) is 0.775. The predicted molar refractivity (Wildman–Crippen MR) is 44.8 cm³/mol. The highest BCUT2D eigenvalue weighted by molar-refractivity contribution is 9.10. The van der Waals surface area contributed by atoms with E-state index in [0.717, 1.165) is 6.42 Å². The summed E-state index contributed by atoms with van der Waals surface area (Å²) in [6, 6.07) is 0. The lowest BCUT2D eigenvalue weighted by molar-refractivity contribution is 1.32. The Morgan fingerprint density at radius 1 is 1.56 bits per heavy atom. The van der Waals surface area contributed by atoms with Crippen LogP contribution in [0, 0.1) is 0 Å². The van der Waals surface area contributed by atoms with Crippen molar-refractivity contribution in [3.63, 3.8) is 0 Å². The average Bonchev–Trinajstić information content (AvgIpc) is 2.35. The molecule has 0 fully saturated rings. The zero-order chi connectivity index (χ0) is 6.27. The van der Waals surface area contributed by atoms with Crippen LogP contribution in [0.2, 0.25) is 0 Å². The van der Waals surface area contributed by atoms with Crippen LogP contribution in [0.5, 0.6) is 0 Å². The van der Waals surface area contributed by atoms with Crippen LogP contribution in [0.25, 0.3) is 6.08 Å². The fourth-order valence-electron chi connectivity index (χ4n) is 0.997. The van der Waals surface area contributed by atoms with Crippen molar-refractivity contribution in [2.45, 2.75) is 6.42 Å². The van der Waals surface area contributed by atoms with Crippen molar-refractivity contribution in [3.05, 3.63) is 26.4 Å². The highest BCUT2D eigenvalue weighted by atomic mass is 79.9. The lowest BCUT2D eigenvalue weighted by atomic mass is 10.3. The van der Waals surface area contributed by atoms with Gasteiger partial charge in [-0.1, -0.05) is 6.08 Å². The molecular formula is C7H5BrS. The number of halogens is 1. The smallest absolute Gasteiger partial charge is 0.0323 e. The fourth-order valence-corrected chi connectivity index (χ4v) is 2.67. The number of rotatable bonds is 0. The maximum Gasteiger partial charge on any atom is 0.0323 e. The van der Waals surface area contributed by atoms with Gasteiger partial charge >= 0.3 is 0 Å². The zero-order valence-electron chi connectivity index (χ0n) is 4.73. The highest BCUT2D eigenvalue weighted by Gasteiger charge is 2.09. The van der Waals surface area contributed by atoms with Crippen LogP contribution in [0.4, 0.5) is 0 Å². The molecule has 2 rings (SSSR count). The van der Waals surface area contributed by atoms with Gasteiger partial charge in [-0.25, -0.2) is 0 Å². The second-order valence-corrected chi connectivity index (χ2v) is 3.80. The summed E-state index contributed by atoms with van der Waals surface area (Å²) in [7, 11) is 0. The topological polar surface area (TPSA) is 0 Å². The summed E-state index contributed by atoms with van der Waals surface area (Å²) < 4.78 is 1.27. The second kappa shape index (κ2) is 1.96. The first kappa shape index (κ1) is 5.69. The normalized spacial score (nSPS) is 14.3. The molecule has 0 aromatic carbocycles. The Kier molecular flexibility index (Phi) is 1.24. The molecule has 0 bridgehead atoms. The van der Waals surface area contributed by atoms with Crippen molar-refractivity contribution in [2.24, 2.45) is 0 Å². The van der Waals surface area contributed by atoms with E-state index in [0.29, 0.717) is 0 Å². The van der Waals surface area contributed by atoms with Gasteiger partial charge in [-0.15, -0.1) is 11.3 Å². The van der Waals surface area contributed by atoms with Crippen LogP contribution in [0.3, 0.4) is 0 Å². The summed E-state index contributed by atoms with van der Waals surface area (Å²) in [5.41, 5.74) is 1.46. The van der Waals surface area contributed by atoms with Gasteiger partial charge in [0, 0.05) is 14.7 Å². The maximum atomic E-state index is 3.49. The maximum absolute atomic E-state index is 3.49. The molecule has 0 saturated carbocycles. The minimum atomic E-state index is 1.11. The third-order valence-electron chi connectivity index (χ3n) is 1.47. The van der Waals surface area contributed by atoms with E-state index in [9.17, 15) is 0 Å². The second-order valence-electron chi connectivity index (χ2n) is 2.03. The Balaban J connectivity index is 2.65. The van der Waals surface area contributed by atoms with E-state index in [1.165, 1.54) is 14.9 Å². The first-order valence-electron chi connectivity index (χ1n) is 2.80. The molecule has 0 nitrogen and oxygen atoms in total. The van der Waals surface area contributed by atoms with E-state index in [-0.39, 0.29) is 0 Å². The minimum Gasteiger partial charge on any atom is -0.143 e. The van der Waals surface area contributed by atoms with E-state index in [4.69, 9.17) is 0 Å². The Bertz CT molecular complexity index is 260. The van der Waals surface area contributed by atoms with Crippen LogP contribution < -0.4 is 0 Å². The van der Waals surface area contributed by atoms with Gasteiger partial charge in [0.15, 0.2) is 0 Å². The molecule has 0 spiro atoms. The van der Waals surface area contributed by atoms with E-state index >= 15 is 0 Å². The molecule has 0 N–H and O–H groups in total. The molecule has 2 heteroatoms. The highest BCUT2D eigenvalue weighted by Crippen LogP contribution is 2.32. The lowest BCUT2D eigenvalue weighted by Crippen LogP contribution is -1.71. The molecule has 1 heterocycles. The van der Waals surface area contributed by atoms with E-state index in [2.05, 4.69) is 33.5 Å². The lowest BCUT2D eigenvalue weighted by Gasteiger charge is -1.86. The number of hydrogen-bond acceptors (Lipinski definition) is 1. The van der Waals surface area contributed by atoms with Crippen LogP contribution in [0.15, 0.2) is 15.9 Å². The third-order valence-corrected chi connectivity index (χ3v) is 3.47. The summed E-state index contributed by atoms with van der Waals surface area (Å²) in [6.07, 6.45) is 5.50. The molecule has 0 aliphatic heterocycles. The average molecular weight is 201 g/mol. The van der Waals surface area contributed by atoms with Crippen molar-refractivity contribution in [1.29, 1.82) is 0 Å². The summed E-state index contributed by atoms with van der Waals surface area (Å²) in [6.45, 7) is 0. The Morgan fingerprint density at radius 3 is 3.22 bits per heavy atom. The zero-order valence-corrected chi connectivity index (χ0v) is 7.13. The van der Waals surface area contributed by atoms with Crippen LogP contribution in [-0.4, -0.2) is 0 Å². The van der Waals surface area contributed by atoms with Crippen LogP contribution in [0.1, 0.15) is 10.4 Å². The minimum absolute atomic E-state index is 1.11. The molecule has 1 aliphatic carbocycles. The monoisotopic (exact) mass is 200 g/mol. The standard InChI is InChI=1S/C7H5BrS/c8-6-4-9-7-3-1-2-5(6)7/h1,3-4H,2H2. The Hall–Kier alpha value is -0.0800. The molecule has 0 radical (unpaired) electrons. The van der Waals surface area contributed by atoms with Crippen molar-refractivity contribution >= 4 is 33.3 Å². The number of thiophene rings is 1. The molecular weight excluding hydrogens is 196 g/mol. The van der Waals surface area contributed by atoms with E-state index in [1.807, 2.05) is 0 Å². The Labute approximate surface area is 66.3 Å². The van der Waals surface area contributed by atoms with Gasteiger partial charge in [0.25, 0.3) is 0 Å². The molecule has 0 atom stereocenters. The number of hydrogen-bond donors (Lipinski definition) is 0. The van der Waals surface area contributed by atoms with Crippen molar-refractivity contribution in [2.75, 3.05) is 0 Å².